The van der Waals surface area contributed by atoms with E-state index in [1.807, 2.05) is 6.07 Å². The predicted octanol–water partition coefficient (Wildman–Crippen LogP) is 1.06. The summed E-state index contributed by atoms with van der Waals surface area (Å²) in [6.07, 6.45) is 1.69. The molecule has 30 heavy (non-hydrogen) atoms. The lowest BCUT2D eigenvalue weighted by Gasteiger charge is -2.34. The molecular formula is C18H21F2N7O2S. The maximum absolute atomic E-state index is 13.1. The number of rotatable bonds is 6. The zero-order chi connectivity index (χ0) is 21.3. The molecule has 0 spiro atoms. The van der Waals surface area contributed by atoms with Crippen molar-refractivity contribution in [1.82, 2.24) is 29.6 Å². The number of halogens is 2. The first-order valence-electron chi connectivity index (χ1n) is 9.32. The Morgan fingerprint density at radius 2 is 2.13 bits per heavy atom. The third-order valence-electron chi connectivity index (χ3n) is 4.82. The van der Waals surface area contributed by atoms with Gasteiger partial charge >= 0.3 is 0 Å². The van der Waals surface area contributed by atoms with Crippen LogP contribution in [0.4, 0.5) is 14.6 Å². The molecule has 4 heterocycles. The number of imidazole rings is 1. The van der Waals surface area contributed by atoms with Crippen LogP contribution < -0.4 is 14.9 Å². The molecule has 0 aliphatic carbocycles. The Morgan fingerprint density at radius 3 is 2.90 bits per heavy atom. The fourth-order valence-electron chi connectivity index (χ4n) is 3.37. The number of alkyl halides is 2. The van der Waals surface area contributed by atoms with Gasteiger partial charge in [-0.25, -0.2) is 36.4 Å². The molecule has 160 valence electrons. The summed E-state index contributed by atoms with van der Waals surface area (Å²) in [4.78, 5) is 10.7. The number of fused-ring (bicyclic) bond motifs is 1. The van der Waals surface area contributed by atoms with Crippen LogP contribution >= 0.6 is 0 Å². The summed E-state index contributed by atoms with van der Waals surface area (Å²) in [6.45, 7) is 2.23. The lowest BCUT2D eigenvalue weighted by molar-refractivity contribution is 0.144. The van der Waals surface area contributed by atoms with E-state index in [4.69, 9.17) is 0 Å². The van der Waals surface area contributed by atoms with Crippen LogP contribution in [0, 0.1) is 0 Å². The van der Waals surface area contributed by atoms with E-state index < -0.39 is 16.4 Å². The standard InChI is InChI=1S/C18H21F2N7O2S/c1-30(28,29)24-9-13-11-26(7-6-21-13)17-8-12(4-5-22-17)15-10-23-16-3-2-14(18(19)20)25-27(15)16/h2-5,8,10,13,18,21,24H,6-7,9,11H2,1H3. The zero-order valence-corrected chi connectivity index (χ0v) is 17.0. The van der Waals surface area contributed by atoms with E-state index in [1.54, 1.807) is 18.5 Å². The van der Waals surface area contributed by atoms with Crippen LogP contribution in [-0.2, 0) is 10.0 Å². The van der Waals surface area contributed by atoms with Crippen molar-refractivity contribution in [3.63, 3.8) is 0 Å². The second-order valence-electron chi connectivity index (χ2n) is 7.09. The number of nitrogens with zero attached hydrogens (tertiary/aromatic N) is 5. The average Bonchev–Trinajstić information content (AvgIpc) is 3.15. The van der Waals surface area contributed by atoms with E-state index >= 15 is 0 Å². The van der Waals surface area contributed by atoms with Crippen LogP contribution in [0.25, 0.3) is 16.9 Å². The van der Waals surface area contributed by atoms with Gasteiger partial charge in [-0.1, -0.05) is 0 Å². The highest BCUT2D eigenvalue weighted by molar-refractivity contribution is 7.88. The molecule has 3 aromatic rings. The van der Waals surface area contributed by atoms with Crippen molar-refractivity contribution in [1.29, 1.82) is 0 Å². The van der Waals surface area contributed by atoms with Crippen molar-refractivity contribution in [3.8, 4) is 11.3 Å². The van der Waals surface area contributed by atoms with Crippen LogP contribution in [0.1, 0.15) is 12.1 Å². The predicted molar refractivity (Wildman–Crippen MR) is 108 cm³/mol. The monoisotopic (exact) mass is 437 g/mol. The zero-order valence-electron chi connectivity index (χ0n) is 16.2. The van der Waals surface area contributed by atoms with Crippen molar-refractivity contribution < 1.29 is 17.2 Å². The van der Waals surface area contributed by atoms with E-state index in [2.05, 4.69) is 30.0 Å². The van der Waals surface area contributed by atoms with Crippen molar-refractivity contribution in [2.45, 2.75) is 12.5 Å². The molecule has 1 aliphatic heterocycles. The van der Waals surface area contributed by atoms with E-state index in [-0.39, 0.29) is 18.3 Å². The van der Waals surface area contributed by atoms with E-state index in [9.17, 15) is 17.2 Å². The molecule has 1 saturated heterocycles. The molecule has 1 unspecified atom stereocenters. The van der Waals surface area contributed by atoms with Gasteiger partial charge in [0.05, 0.1) is 18.1 Å². The summed E-state index contributed by atoms with van der Waals surface area (Å²) in [7, 11) is -3.27. The molecule has 4 rings (SSSR count). The second-order valence-corrected chi connectivity index (χ2v) is 8.93. The highest BCUT2D eigenvalue weighted by atomic mass is 32.2. The molecule has 0 radical (unpaired) electrons. The summed E-state index contributed by atoms with van der Waals surface area (Å²) >= 11 is 0. The van der Waals surface area contributed by atoms with Gasteiger partial charge in [-0.05, 0) is 24.3 Å². The molecule has 12 heteroatoms. The van der Waals surface area contributed by atoms with Gasteiger partial charge in [-0.2, -0.15) is 5.10 Å². The van der Waals surface area contributed by atoms with Gasteiger partial charge in [0, 0.05) is 44.0 Å². The maximum Gasteiger partial charge on any atom is 0.282 e. The number of aromatic nitrogens is 4. The molecule has 0 bridgehead atoms. The molecule has 0 amide bonds. The largest absolute Gasteiger partial charge is 0.354 e. The quantitative estimate of drug-likeness (QED) is 0.594. The molecule has 2 N–H and O–H groups in total. The maximum atomic E-state index is 13.1. The highest BCUT2D eigenvalue weighted by Crippen LogP contribution is 2.25. The SMILES string of the molecule is CS(=O)(=O)NCC1CN(c2cc(-c3cnc4ccc(C(F)F)nn34)ccn2)CCN1. The molecule has 0 saturated carbocycles. The Kier molecular flexibility index (Phi) is 5.62. The minimum Gasteiger partial charge on any atom is -0.354 e. The molecular weight excluding hydrogens is 416 g/mol. The van der Waals surface area contributed by atoms with Crippen LogP contribution in [-0.4, -0.2) is 66.5 Å². The van der Waals surface area contributed by atoms with Crippen LogP contribution in [0.3, 0.4) is 0 Å². The van der Waals surface area contributed by atoms with E-state index in [0.717, 1.165) is 11.8 Å². The van der Waals surface area contributed by atoms with Crippen LogP contribution in [0.5, 0.6) is 0 Å². The van der Waals surface area contributed by atoms with Gasteiger partial charge in [0.25, 0.3) is 6.43 Å². The number of hydrogen-bond acceptors (Lipinski definition) is 7. The van der Waals surface area contributed by atoms with Crippen LogP contribution in [0.15, 0.2) is 36.7 Å². The number of piperazine rings is 1. The van der Waals surface area contributed by atoms with Gasteiger partial charge in [-0.3, -0.25) is 0 Å². The lowest BCUT2D eigenvalue weighted by atomic mass is 10.1. The van der Waals surface area contributed by atoms with Gasteiger partial charge in [0.15, 0.2) is 5.65 Å². The number of sulfonamides is 1. The Bertz CT molecular complexity index is 1150. The lowest BCUT2D eigenvalue weighted by Crippen LogP contribution is -2.55. The molecule has 1 atom stereocenters. The van der Waals surface area contributed by atoms with Gasteiger partial charge in [0.2, 0.25) is 10.0 Å². The van der Waals surface area contributed by atoms with Crippen molar-refractivity contribution in [3.05, 3.63) is 42.4 Å². The highest BCUT2D eigenvalue weighted by Gasteiger charge is 2.22. The van der Waals surface area contributed by atoms with Gasteiger partial charge in [-0.15, -0.1) is 0 Å². The van der Waals surface area contributed by atoms with Crippen LogP contribution in [0.2, 0.25) is 0 Å². The number of hydrogen-bond donors (Lipinski definition) is 2. The first-order chi connectivity index (χ1) is 14.3. The summed E-state index contributed by atoms with van der Waals surface area (Å²) < 4.78 is 52.7. The summed E-state index contributed by atoms with van der Waals surface area (Å²) in [5.74, 6) is 0.707. The molecule has 3 aromatic heterocycles. The summed E-state index contributed by atoms with van der Waals surface area (Å²) in [6, 6.07) is 6.34. The minimum absolute atomic E-state index is 0.0648. The molecule has 9 nitrogen and oxygen atoms in total. The van der Waals surface area contributed by atoms with Gasteiger partial charge < -0.3 is 10.2 Å². The van der Waals surface area contributed by atoms with Crippen molar-refractivity contribution in [2.75, 3.05) is 37.3 Å². The second kappa shape index (κ2) is 8.20. The third-order valence-corrected chi connectivity index (χ3v) is 5.51. The molecule has 1 aliphatic rings. The number of anilines is 1. The van der Waals surface area contributed by atoms with Crippen molar-refractivity contribution >= 4 is 21.5 Å². The third kappa shape index (κ3) is 4.55. The fraction of sp³-hybridized carbons (Fsp3) is 0.389. The smallest absolute Gasteiger partial charge is 0.282 e. The first kappa shape index (κ1) is 20.6. The molecule has 1 fully saturated rings. The number of pyridine rings is 1. The molecule has 0 aromatic carbocycles. The fourth-order valence-corrected chi connectivity index (χ4v) is 3.88. The Hall–Kier alpha value is -2.70. The summed E-state index contributed by atoms with van der Waals surface area (Å²) in [5.41, 5.74) is 1.48. The topological polar surface area (TPSA) is 105 Å². The van der Waals surface area contributed by atoms with E-state index in [0.29, 0.717) is 36.8 Å². The average molecular weight is 437 g/mol. The van der Waals surface area contributed by atoms with E-state index in [1.165, 1.54) is 16.6 Å². The van der Waals surface area contributed by atoms with Crippen molar-refractivity contribution in [2.24, 2.45) is 0 Å². The Balaban J connectivity index is 1.59. The Labute approximate surface area is 172 Å². The minimum atomic E-state index is -3.27. The number of nitrogens with one attached hydrogen (secondary N) is 2. The first-order valence-corrected chi connectivity index (χ1v) is 11.2. The normalized spacial score (nSPS) is 17.7. The Morgan fingerprint density at radius 1 is 1.30 bits per heavy atom. The van der Waals surface area contributed by atoms with Gasteiger partial charge in [0.1, 0.15) is 11.5 Å². The summed E-state index contributed by atoms with van der Waals surface area (Å²) in [5, 5.41) is 7.29.